The van der Waals surface area contributed by atoms with Crippen LogP contribution < -0.4 is 4.90 Å². The van der Waals surface area contributed by atoms with E-state index in [1.807, 2.05) is 42.2 Å². The van der Waals surface area contributed by atoms with Gasteiger partial charge in [-0.05, 0) is 49.2 Å². The Kier molecular flexibility index (Phi) is 5.93. The van der Waals surface area contributed by atoms with Crippen LogP contribution in [0.1, 0.15) is 21.5 Å². The Labute approximate surface area is 216 Å². The first-order chi connectivity index (χ1) is 18.1. The average molecular weight is 488 g/mol. The van der Waals surface area contributed by atoms with Crippen LogP contribution in [0, 0.1) is 13.8 Å². The normalized spacial score (nSPS) is 13.8. The van der Waals surface area contributed by atoms with Crippen LogP contribution in [0.2, 0.25) is 0 Å². The molecule has 1 amide bonds. The average Bonchev–Trinajstić information content (AvgIpc) is 3.33. The maximum absolute atomic E-state index is 13.1. The summed E-state index contributed by atoms with van der Waals surface area (Å²) in [6, 6.07) is 26.7. The minimum absolute atomic E-state index is 0.0896. The molecule has 1 fully saturated rings. The third-order valence-corrected chi connectivity index (χ3v) is 7.06. The molecule has 5 aromatic rings. The second kappa shape index (κ2) is 9.54. The summed E-state index contributed by atoms with van der Waals surface area (Å²) in [5, 5.41) is 1.04. The van der Waals surface area contributed by atoms with Crippen LogP contribution in [0.15, 0.2) is 91.4 Å². The summed E-state index contributed by atoms with van der Waals surface area (Å²) in [5.74, 6) is 1.00. The van der Waals surface area contributed by atoms with Gasteiger partial charge in [-0.25, -0.2) is 9.97 Å². The maximum atomic E-state index is 13.1. The van der Waals surface area contributed by atoms with Crippen molar-refractivity contribution in [3.63, 3.8) is 0 Å². The molecule has 0 saturated carbocycles. The van der Waals surface area contributed by atoms with Crippen LogP contribution in [0.4, 0.5) is 5.82 Å². The van der Waals surface area contributed by atoms with Gasteiger partial charge in [0.05, 0.1) is 5.39 Å². The number of fused-ring (bicyclic) bond motifs is 1. The van der Waals surface area contributed by atoms with Gasteiger partial charge >= 0.3 is 0 Å². The molecular formula is C31H29N5O. The van der Waals surface area contributed by atoms with Crippen LogP contribution in [0.3, 0.4) is 0 Å². The van der Waals surface area contributed by atoms with E-state index in [0.717, 1.165) is 44.8 Å². The highest BCUT2D eigenvalue weighted by Crippen LogP contribution is 2.37. The number of aryl methyl sites for hydroxylation is 2. The summed E-state index contributed by atoms with van der Waals surface area (Å²) in [7, 11) is 0. The molecule has 0 spiro atoms. The van der Waals surface area contributed by atoms with Crippen molar-refractivity contribution >= 4 is 22.8 Å². The summed E-state index contributed by atoms with van der Waals surface area (Å²) in [4.78, 5) is 26.9. The molecule has 6 nitrogen and oxygen atoms in total. The fraction of sp³-hybridized carbons (Fsp3) is 0.194. The van der Waals surface area contributed by atoms with Crippen molar-refractivity contribution in [3.8, 4) is 16.8 Å². The zero-order valence-electron chi connectivity index (χ0n) is 21.1. The lowest BCUT2D eigenvalue weighted by molar-refractivity contribution is 0.0746. The van der Waals surface area contributed by atoms with Crippen molar-refractivity contribution in [1.82, 2.24) is 19.4 Å². The molecule has 1 aliphatic heterocycles. The molecular weight excluding hydrogens is 458 g/mol. The molecule has 0 unspecified atom stereocenters. The van der Waals surface area contributed by atoms with Crippen LogP contribution in [0.25, 0.3) is 27.8 Å². The first-order valence-corrected chi connectivity index (χ1v) is 12.7. The second-order valence-electron chi connectivity index (χ2n) is 9.66. The van der Waals surface area contributed by atoms with Gasteiger partial charge in [-0.2, -0.15) is 0 Å². The Hall–Kier alpha value is -4.45. The van der Waals surface area contributed by atoms with E-state index in [1.165, 1.54) is 5.56 Å². The van der Waals surface area contributed by atoms with Crippen molar-refractivity contribution in [1.29, 1.82) is 0 Å². The smallest absolute Gasteiger partial charge is 0.253 e. The Bertz CT molecular complexity index is 1580. The predicted octanol–water partition coefficient (Wildman–Crippen LogP) is 5.67. The van der Waals surface area contributed by atoms with Crippen LogP contribution in [-0.4, -0.2) is 51.5 Å². The van der Waals surface area contributed by atoms with Crippen molar-refractivity contribution in [3.05, 3.63) is 108 Å². The molecule has 0 atom stereocenters. The number of nitrogens with zero attached hydrogens (tertiary/aromatic N) is 5. The first kappa shape index (κ1) is 23.0. The minimum Gasteiger partial charge on any atom is -0.352 e. The molecule has 3 aromatic carbocycles. The summed E-state index contributed by atoms with van der Waals surface area (Å²) in [5.41, 5.74) is 7.23. The lowest BCUT2D eigenvalue weighted by Gasteiger charge is -2.35. The fourth-order valence-corrected chi connectivity index (χ4v) is 5.18. The van der Waals surface area contributed by atoms with Crippen LogP contribution in [-0.2, 0) is 0 Å². The summed E-state index contributed by atoms with van der Waals surface area (Å²) in [6.07, 6.45) is 3.83. The highest BCUT2D eigenvalue weighted by atomic mass is 16.2. The van der Waals surface area contributed by atoms with Crippen molar-refractivity contribution in [2.45, 2.75) is 13.8 Å². The van der Waals surface area contributed by atoms with E-state index in [2.05, 4.69) is 71.1 Å². The molecule has 6 rings (SSSR count). The summed E-state index contributed by atoms with van der Waals surface area (Å²) >= 11 is 0. The second-order valence-corrected chi connectivity index (χ2v) is 9.66. The predicted molar refractivity (Wildman–Crippen MR) is 148 cm³/mol. The lowest BCUT2D eigenvalue weighted by atomic mass is 10.1. The van der Waals surface area contributed by atoms with Gasteiger partial charge < -0.3 is 14.4 Å². The molecule has 3 heterocycles. The van der Waals surface area contributed by atoms with Crippen LogP contribution >= 0.6 is 0 Å². The Morgan fingerprint density at radius 1 is 0.784 bits per heavy atom. The SMILES string of the molecule is Cc1cccc(C(=O)N2CCN(c3ncnc4c3c(-c3ccccc3)cn4-c3cccc(C)c3)CC2)c1. The maximum Gasteiger partial charge on any atom is 0.253 e. The number of hydrogen-bond acceptors (Lipinski definition) is 4. The van der Waals surface area contributed by atoms with Gasteiger partial charge in [0, 0.05) is 49.2 Å². The number of carbonyl (C=O) groups is 1. The van der Waals surface area contributed by atoms with E-state index < -0.39 is 0 Å². The van der Waals surface area contributed by atoms with Crippen molar-refractivity contribution in [2.75, 3.05) is 31.1 Å². The highest BCUT2D eigenvalue weighted by molar-refractivity contribution is 6.02. The Balaban J connectivity index is 1.38. The fourth-order valence-electron chi connectivity index (χ4n) is 5.18. The number of benzene rings is 3. The summed E-state index contributed by atoms with van der Waals surface area (Å²) in [6.45, 7) is 6.85. The molecule has 2 aromatic heterocycles. The van der Waals surface area contributed by atoms with E-state index in [-0.39, 0.29) is 5.91 Å². The summed E-state index contributed by atoms with van der Waals surface area (Å²) < 4.78 is 2.16. The third-order valence-electron chi connectivity index (χ3n) is 7.06. The highest BCUT2D eigenvalue weighted by Gasteiger charge is 2.26. The van der Waals surface area contributed by atoms with E-state index in [9.17, 15) is 4.79 Å². The number of carbonyl (C=O) groups excluding carboxylic acids is 1. The number of piperazine rings is 1. The Morgan fingerprint density at radius 2 is 1.51 bits per heavy atom. The van der Waals surface area contributed by atoms with Crippen molar-refractivity contribution in [2.24, 2.45) is 0 Å². The van der Waals surface area contributed by atoms with Crippen molar-refractivity contribution < 1.29 is 4.79 Å². The Morgan fingerprint density at radius 3 is 2.24 bits per heavy atom. The van der Waals surface area contributed by atoms with Gasteiger partial charge in [0.1, 0.15) is 12.1 Å². The molecule has 0 bridgehead atoms. The topological polar surface area (TPSA) is 54.3 Å². The standard InChI is InChI=1S/C31H29N5O/c1-22-8-6-12-25(18-22)31(37)35-16-14-34(15-17-35)29-28-27(24-10-4-3-5-11-24)20-36(30(28)33-21-32-29)26-13-7-9-23(2)19-26/h3-13,18-21H,14-17H2,1-2H3. The van der Waals surface area contributed by atoms with Gasteiger partial charge in [-0.15, -0.1) is 0 Å². The molecule has 1 aliphatic rings. The lowest BCUT2D eigenvalue weighted by Crippen LogP contribution is -2.49. The quantitative estimate of drug-likeness (QED) is 0.328. The first-order valence-electron chi connectivity index (χ1n) is 12.7. The van der Waals surface area contributed by atoms with E-state index in [1.54, 1.807) is 6.33 Å². The molecule has 1 saturated heterocycles. The number of amides is 1. The number of aromatic nitrogens is 3. The zero-order chi connectivity index (χ0) is 25.4. The van der Waals surface area contributed by atoms with Crippen LogP contribution in [0.5, 0.6) is 0 Å². The minimum atomic E-state index is 0.0896. The molecule has 0 radical (unpaired) electrons. The van der Waals surface area contributed by atoms with Gasteiger partial charge in [-0.1, -0.05) is 60.2 Å². The molecule has 0 N–H and O–H groups in total. The molecule has 6 heteroatoms. The van der Waals surface area contributed by atoms with E-state index >= 15 is 0 Å². The van der Waals surface area contributed by atoms with Gasteiger partial charge in [-0.3, -0.25) is 4.79 Å². The number of rotatable bonds is 4. The zero-order valence-corrected chi connectivity index (χ0v) is 21.1. The molecule has 0 aliphatic carbocycles. The molecule has 184 valence electrons. The van der Waals surface area contributed by atoms with Gasteiger partial charge in [0.25, 0.3) is 5.91 Å². The van der Waals surface area contributed by atoms with E-state index in [4.69, 9.17) is 9.97 Å². The number of anilines is 1. The van der Waals surface area contributed by atoms with E-state index in [0.29, 0.717) is 26.2 Å². The number of hydrogen-bond donors (Lipinski definition) is 0. The van der Waals surface area contributed by atoms with Gasteiger partial charge in [0.2, 0.25) is 0 Å². The molecule has 37 heavy (non-hydrogen) atoms. The monoisotopic (exact) mass is 487 g/mol. The van der Waals surface area contributed by atoms with Gasteiger partial charge in [0.15, 0.2) is 5.65 Å². The third kappa shape index (κ3) is 4.35. The largest absolute Gasteiger partial charge is 0.352 e.